The largest absolute Gasteiger partial charge is 0.457 e. The van der Waals surface area contributed by atoms with Crippen LogP contribution in [0.1, 0.15) is 31.8 Å². The molecule has 1 N–H and O–H groups in total. The molecule has 210 valence electrons. The molecule has 4 aromatic rings. The van der Waals surface area contributed by atoms with Crippen molar-refractivity contribution in [3.8, 4) is 0 Å². The third-order valence-corrected chi connectivity index (χ3v) is 6.43. The number of halogens is 6. The van der Waals surface area contributed by atoms with E-state index in [-0.39, 0.29) is 16.8 Å². The highest BCUT2D eigenvalue weighted by Crippen LogP contribution is 2.54. The van der Waals surface area contributed by atoms with Crippen LogP contribution in [-0.4, -0.2) is 33.9 Å². The van der Waals surface area contributed by atoms with Crippen LogP contribution in [0.3, 0.4) is 0 Å². The fraction of sp³-hybridized carbons (Fsp3) is 0.100. The molecule has 0 heterocycles. The van der Waals surface area contributed by atoms with Crippen molar-refractivity contribution in [2.24, 2.45) is 0 Å². The second-order valence-corrected chi connectivity index (χ2v) is 9.17. The van der Waals surface area contributed by atoms with Crippen LogP contribution in [0.15, 0.2) is 115 Å². The molecule has 0 spiro atoms. The standard InChI is InChI=1S/C30H20F6N2O2S/c31-28(22-14-8-3-9-15-22,29(32,33)30(34,35)36)23-16-18-24(19-17-23)37-27(41)38(25(39)20-10-4-1-5-11-20)26(40)21-12-6-2-7-13-21/h1-19H,(H,37,41). The molecule has 4 aromatic carbocycles. The van der Waals surface area contributed by atoms with Crippen molar-refractivity contribution in [3.63, 3.8) is 0 Å². The molecule has 1 atom stereocenters. The Morgan fingerprint density at radius 1 is 0.585 bits per heavy atom. The first-order valence-corrected chi connectivity index (χ1v) is 12.4. The van der Waals surface area contributed by atoms with Gasteiger partial charge in [0, 0.05) is 27.9 Å². The quantitative estimate of drug-likeness (QED) is 0.142. The Bertz CT molecular complexity index is 1480. The molecule has 0 aromatic heterocycles. The number of alkyl halides is 6. The van der Waals surface area contributed by atoms with Gasteiger partial charge in [-0.25, -0.2) is 9.29 Å². The lowest BCUT2D eigenvalue weighted by Gasteiger charge is -2.35. The fourth-order valence-corrected chi connectivity index (χ4v) is 4.33. The summed E-state index contributed by atoms with van der Waals surface area (Å²) in [5.41, 5.74) is -5.86. The molecule has 2 amide bonds. The third-order valence-electron chi connectivity index (χ3n) is 6.14. The Morgan fingerprint density at radius 2 is 0.976 bits per heavy atom. The van der Waals surface area contributed by atoms with E-state index < -0.39 is 45.8 Å². The number of thiocarbonyl (C=S) groups is 1. The van der Waals surface area contributed by atoms with Gasteiger partial charge in [-0.3, -0.25) is 9.59 Å². The van der Waals surface area contributed by atoms with Crippen LogP contribution >= 0.6 is 12.2 Å². The third kappa shape index (κ3) is 5.71. The summed E-state index contributed by atoms with van der Waals surface area (Å²) in [5, 5.41) is 2.21. The van der Waals surface area contributed by atoms with E-state index in [9.17, 15) is 31.5 Å². The van der Waals surface area contributed by atoms with Crippen molar-refractivity contribution >= 4 is 34.8 Å². The molecule has 4 nitrogen and oxygen atoms in total. The normalized spacial score (nSPS) is 13.1. The average molecular weight is 587 g/mol. The summed E-state index contributed by atoms with van der Waals surface area (Å²) >= 11 is 5.33. The maximum absolute atomic E-state index is 16.0. The zero-order chi connectivity index (χ0) is 29.8. The monoisotopic (exact) mass is 586 g/mol. The fourth-order valence-electron chi connectivity index (χ4n) is 4.05. The second kappa shape index (κ2) is 11.5. The number of carbonyl (C=O) groups is 2. The summed E-state index contributed by atoms with van der Waals surface area (Å²) in [6, 6.07) is 24.4. The summed E-state index contributed by atoms with van der Waals surface area (Å²) in [7, 11) is 0. The topological polar surface area (TPSA) is 49.4 Å². The molecule has 4 rings (SSSR count). The second-order valence-electron chi connectivity index (χ2n) is 8.78. The summed E-state index contributed by atoms with van der Waals surface area (Å²) in [6.07, 6.45) is -6.20. The number of nitrogens with zero attached hydrogens (tertiary/aromatic N) is 1. The molecule has 0 saturated heterocycles. The van der Waals surface area contributed by atoms with E-state index in [1.54, 1.807) is 36.4 Å². The number of carbonyl (C=O) groups excluding carboxylic acids is 2. The zero-order valence-electron chi connectivity index (χ0n) is 20.9. The summed E-state index contributed by atoms with van der Waals surface area (Å²) in [5.74, 6) is -7.33. The molecule has 0 fully saturated rings. The molecule has 41 heavy (non-hydrogen) atoms. The molecule has 1 unspecified atom stereocenters. The van der Waals surface area contributed by atoms with Gasteiger partial charge in [-0.05, 0) is 48.6 Å². The molecule has 0 bridgehead atoms. The predicted octanol–water partition coefficient (Wildman–Crippen LogP) is 7.78. The maximum Gasteiger partial charge on any atom is 0.457 e. The van der Waals surface area contributed by atoms with Gasteiger partial charge in [0.15, 0.2) is 5.11 Å². The van der Waals surface area contributed by atoms with Crippen molar-refractivity contribution in [2.45, 2.75) is 17.8 Å². The lowest BCUT2D eigenvalue weighted by molar-refractivity contribution is -0.323. The number of anilines is 1. The van der Waals surface area contributed by atoms with Crippen LogP contribution in [0, 0.1) is 0 Å². The van der Waals surface area contributed by atoms with Gasteiger partial charge in [0.2, 0.25) is 5.67 Å². The first-order valence-electron chi connectivity index (χ1n) is 12.0. The Morgan fingerprint density at radius 3 is 1.39 bits per heavy atom. The van der Waals surface area contributed by atoms with Crippen molar-refractivity contribution in [2.75, 3.05) is 5.32 Å². The highest BCUT2D eigenvalue weighted by molar-refractivity contribution is 7.80. The van der Waals surface area contributed by atoms with Gasteiger partial charge in [0.1, 0.15) is 0 Å². The molecule has 11 heteroatoms. The van der Waals surface area contributed by atoms with Gasteiger partial charge in [-0.1, -0.05) is 78.9 Å². The Kier molecular flexibility index (Phi) is 8.29. The Hall–Kier alpha value is -4.51. The van der Waals surface area contributed by atoms with Gasteiger partial charge in [-0.15, -0.1) is 0 Å². The van der Waals surface area contributed by atoms with E-state index in [1.807, 2.05) is 0 Å². The lowest BCUT2D eigenvalue weighted by atomic mass is 9.82. The number of amides is 2. The van der Waals surface area contributed by atoms with Crippen LogP contribution in [0.2, 0.25) is 0 Å². The number of nitrogens with one attached hydrogen (secondary N) is 1. The summed E-state index contributed by atoms with van der Waals surface area (Å²) in [4.78, 5) is 27.2. The van der Waals surface area contributed by atoms with Crippen LogP contribution in [-0.2, 0) is 5.67 Å². The molecular formula is C30H20F6N2O2S. The smallest absolute Gasteiger partial charge is 0.332 e. The maximum atomic E-state index is 16.0. The minimum atomic E-state index is -6.20. The number of benzene rings is 4. The SMILES string of the molecule is O=C(c1ccccc1)N(C(=O)c1ccccc1)C(=S)Nc1ccc(C(F)(c2ccccc2)C(F)(F)C(F)(F)F)cc1. The van der Waals surface area contributed by atoms with Crippen LogP contribution in [0.5, 0.6) is 0 Å². The zero-order valence-corrected chi connectivity index (χ0v) is 21.7. The number of imide groups is 1. The first kappa shape index (κ1) is 29.5. The van der Waals surface area contributed by atoms with Gasteiger partial charge >= 0.3 is 12.1 Å². The first-order chi connectivity index (χ1) is 19.4. The molecule has 0 aliphatic heterocycles. The highest BCUT2D eigenvalue weighted by Gasteiger charge is 2.72. The molecule has 0 aliphatic carbocycles. The van der Waals surface area contributed by atoms with E-state index in [2.05, 4.69) is 5.32 Å². The molecule has 0 aliphatic rings. The number of hydrogen-bond donors (Lipinski definition) is 1. The number of hydrogen-bond acceptors (Lipinski definition) is 3. The van der Waals surface area contributed by atoms with Crippen LogP contribution in [0.4, 0.5) is 32.0 Å². The van der Waals surface area contributed by atoms with E-state index in [4.69, 9.17) is 12.2 Å². The average Bonchev–Trinajstić information content (AvgIpc) is 2.97. The van der Waals surface area contributed by atoms with Crippen molar-refractivity contribution in [3.05, 3.63) is 138 Å². The minimum absolute atomic E-state index is 0.00351. The van der Waals surface area contributed by atoms with Crippen molar-refractivity contribution in [1.82, 2.24) is 4.90 Å². The lowest BCUT2D eigenvalue weighted by Crippen LogP contribution is -2.53. The molecular weight excluding hydrogens is 566 g/mol. The summed E-state index contributed by atoms with van der Waals surface area (Å²) in [6.45, 7) is 0. The highest BCUT2D eigenvalue weighted by atomic mass is 32.1. The van der Waals surface area contributed by atoms with E-state index in [0.29, 0.717) is 4.90 Å². The van der Waals surface area contributed by atoms with Crippen LogP contribution < -0.4 is 5.32 Å². The Balaban J connectivity index is 1.68. The van der Waals surface area contributed by atoms with E-state index >= 15 is 4.39 Å². The van der Waals surface area contributed by atoms with E-state index in [1.165, 1.54) is 30.3 Å². The van der Waals surface area contributed by atoms with Gasteiger partial charge in [0.05, 0.1) is 0 Å². The minimum Gasteiger partial charge on any atom is -0.332 e. The van der Waals surface area contributed by atoms with E-state index in [0.717, 1.165) is 48.5 Å². The Labute approximate surface area is 236 Å². The predicted molar refractivity (Wildman–Crippen MR) is 145 cm³/mol. The molecule has 0 saturated carbocycles. The van der Waals surface area contributed by atoms with Crippen molar-refractivity contribution in [1.29, 1.82) is 0 Å². The summed E-state index contributed by atoms with van der Waals surface area (Å²) < 4.78 is 85.5. The van der Waals surface area contributed by atoms with Crippen LogP contribution in [0.25, 0.3) is 0 Å². The van der Waals surface area contributed by atoms with Gasteiger partial charge in [-0.2, -0.15) is 22.0 Å². The van der Waals surface area contributed by atoms with Gasteiger partial charge < -0.3 is 5.32 Å². The molecule has 0 radical (unpaired) electrons. The number of rotatable bonds is 6. The van der Waals surface area contributed by atoms with Gasteiger partial charge in [0.25, 0.3) is 11.8 Å². The van der Waals surface area contributed by atoms with Crippen molar-refractivity contribution < 1.29 is 35.9 Å².